The van der Waals surface area contributed by atoms with Crippen LogP contribution in [0.3, 0.4) is 0 Å². The molecule has 2 amide bonds. The van der Waals surface area contributed by atoms with Crippen molar-refractivity contribution in [2.24, 2.45) is 0 Å². The van der Waals surface area contributed by atoms with Crippen LogP contribution in [-0.4, -0.2) is 34.7 Å². The molecule has 2 aliphatic rings. The molecule has 2 aliphatic heterocycles. The number of carbonyl (C=O) groups excluding carboxylic acids is 2. The second kappa shape index (κ2) is 6.85. The number of fused-ring (bicyclic) bond motifs is 1. The second-order valence-electron chi connectivity index (χ2n) is 7.45. The Morgan fingerprint density at radius 1 is 1.38 bits per heavy atom. The zero-order valence-electron chi connectivity index (χ0n) is 15.7. The number of anilines is 1. The summed E-state index contributed by atoms with van der Waals surface area (Å²) in [7, 11) is 0. The minimum atomic E-state index is -0.306. The average Bonchev–Trinajstić information content (AvgIpc) is 2.83. The zero-order valence-corrected chi connectivity index (χ0v) is 16.5. The molecule has 0 spiro atoms. The Bertz CT molecular complexity index is 835. The molecule has 3 rings (SSSR count). The lowest BCUT2D eigenvalue weighted by molar-refractivity contribution is -0.122. The van der Waals surface area contributed by atoms with E-state index in [1.54, 1.807) is 6.08 Å². The van der Waals surface area contributed by atoms with Crippen LogP contribution >= 0.6 is 11.8 Å². The predicted octanol–water partition coefficient (Wildman–Crippen LogP) is 4.47. The molecular weight excluding hydrogens is 344 g/mol. The van der Waals surface area contributed by atoms with E-state index in [1.807, 2.05) is 6.07 Å². The topological polar surface area (TPSA) is 40.6 Å². The van der Waals surface area contributed by atoms with Crippen molar-refractivity contribution in [3.8, 4) is 12.3 Å². The summed E-state index contributed by atoms with van der Waals surface area (Å²) in [4.78, 5) is 28.3. The number of imide groups is 1. The molecule has 1 aromatic rings. The third-order valence-corrected chi connectivity index (χ3v) is 6.05. The van der Waals surface area contributed by atoms with Gasteiger partial charge in [0.05, 0.1) is 11.4 Å². The van der Waals surface area contributed by atoms with Crippen LogP contribution in [0.1, 0.15) is 51.2 Å². The average molecular weight is 369 g/mol. The fraction of sp³-hybridized carbons (Fsp3) is 0.429. The first-order chi connectivity index (χ1) is 12.3. The number of amides is 2. The van der Waals surface area contributed by atoms with Crippen molar-refractivity contribution in [3.05, 3.63) is 34.2 Å². The van der Waals surface area contributed by atoms with Crippen LogP contribution in [-0.2, 0) is 4.79 Å². The standard InChI is InChI=1S/C21H24N2O2S/c1-6-10-22-19(24)18(26-20(22)25)12-15-8-9-17-16(11-15)14(3)13-21(4,5)23(17)7-2/h1,8-9,11-12,14H,7,10,13H2,2-5H3/b18-12-/t14-/m1/s1. The molecule has 0 bridgehead atoms. The molecule has 0 N–H and O–H groups in total. The van der Waals surface area contributed by atoms with Gasteiger partial charge >= 0.3 is 0 Å². The summed E-state index contributed by atoms with van der Waals surface area (Å²) >= 11 is 0.952. The van der Waals surface area contributed by atoms with E-state index >= 15 is 0 Å². The van der Waals surface area contributed by atoms with E-state index in [0.29, 0.717) is 10.8 Å². The van der Waals surface area contributed by atoms with Gasteiger partial charge in [-0.05, 0) is 74.2 Å². The summed E-state index contributed by atoms with van der Waals surface area (Å²) in [6.07, 6.45) is 8.12. The number of hydrogen-bond acceptors (Lipinski definition) is 4. The number of thioether (sulfide) groups is 1. The molecule has 0 radical (unpaired) electrons. The summed E-state index contributed by atoms with van der Waals surface area (Å²) in [5, 5.41) is -0.301. The predicted molar refractivity (Wildman–Crippen MR) is 108 cm³/mol. The smallest absolute Gasteiger partial charge is 0.294 e. The van der Waals surface area contributed by atoms with Gasteiger partial charge in [0.1, 0.15) is 0 Å². The lowest BCUT2D eigenvalue weighted by atomic mass is 9.79. The van der Waals surface area contributed by atoms with Crippen LogP contribution in [0.25, 0.3) is 6.08 Å². The third kappa shape index (κ3) is 3.14. The van der Waals surface area contributed by atoms with Gasteiger partial charge in [0.2, 0.25) is 0 Å². The maximum Gasteiger partial charge on any atom is 0.294 e. The van der Waals surface area contributed by atoms with Gasteiger partial charge < -0.3 is 4.90 Å². The van der Waals surface area contributed by atoms with E-state index in [4.69, 9.17) is 6.42 Å². The molecule has 1 atom stereocenters. The number of nitrogens with zero attached hydrogens (tertiary/aromatic N) is 2. The van der Waals surface area contributed by atoms with Gasteiger partial charge in [0.15, 0.2) is 0 Å². The summed E-state index contributed by atoms with van der Waals surface area (Å²) in [5.41, 5.74) is 3.62. The van der Waals surface area contributed by atoms with Crippen molar-refractivity contribution in [3.63, 3.8) is 0 Å². The Balaban J connectivity index is 1.96. The van der Waals surface area contributed by atoms with Gasteiger partial charge in [-0.15, -0.1) is 6.42 Å². The summed E-state index contributed by atoms with van der Waals surface area (Å²) in [6.45, 7) is 9.96. The van der Waals surface area contributed by atoms with Crippen molar-refractivity contribution in [1.29, 1.82) is 0 Å². The first-order valence-electron chi connectivity index (χ1n) is 8.89. The summed E-state index contributed by atoms with van der Waals surface area (Å²) < 4.78 is 0. The Hall–Kier alpha value is -2.19. The van der Waals surface area contributed by atoms with Crippen molar-refractivity contribution in [1.82, 2.24) is 4.90 Å². The van der Waals surface area contributed by atoms with E-state index in [9.17, 15) is 9.59 Å². The molecule has 5 heteroatoms. The monoisotopic (exact) mass is 368 g/mol. The van der Waals surface area contributed by atoms with Gasteiger partial charge in [0, 0.05) is 17.8 Å². The van der Waals surface area contributed by atoms with Crippen LogP contribution in [0, 0.1) is 12.3 Å². The number of rotatable bonds is 3. The van der Waals surface area contributed by atoms with Gasteiger partial charge in [-0.1, -0.05) is 18.9 Å². The highest BCUT2D eigenvalue weighted by atomic mass is 32.2. The second-order valence-corrected chi connectivity index (χ2v) is 8.45. The van der Waals surface area contributed by atoms with E-state index in [0.717, 1.165) is 35.2 Å². The van der Waals surface area contributed by atoms with Crippen molar-refractivity contribution in [2.75, 3.05) is 18.0 Å². The molecule has 1 saturated heterocycles. The summed E-state index contributed by atoms with van der Waals surface area (Å²) in [6, 6.07) is 6.30. The zero-order chi connectivity index (χ0) is 19.1. The van der Waals surface area contributed by atoms with Crippen molar-refractivity contribution < 1.29 is 9.59 Å². The van der Waals surface area contributed by atoms with E-state index in [1.165, 1.54) is 11.3 Å². The van der Waals surface area contributed by atoms with Gasteiger partial charge in [-0.2, -0.15) is 0 Å². The third-order valence-electron chi connectivity index (χ3n) is 5.15. The van der Waals surface area contributed by atoms with Crippen LogP contribution in [0.5, 0.6) is 0 Å². The number of carbonyl (C=O) groups is 2. The minimum absolute atomic E-state index is 0.0176. The number of hydrogen-bond donors (Lipinski definition) is 0. The minimum Gasteiger partial charge on any atom is -0.366 e. The largest absolute Gasteiger partial charge is 0.366 e. The van der Waals surface area contributed by atoms with E-state index in [2.05, 4.69) is 50.6 Å². The normalized spacial score (nSPS) is 23.3. The highest BCUT2D eigenvalue weighted by Gasteiger charge is 2.36. The molecule has 0 unspecified atom stereocenters. The van der Waals surface area contributed by atoms with Gasteiger partial charge in [-0.25, -0.2) is 0 Å². The fourth-order valence-corrected chi connectivity index (χ4v) is 4.91. The van der Waals surface area contributed by atoms with Crippen molar-refractivity contribution >= 4 is 34.7 Å². The Kier molecular flexibility index (Phi) is 4.90. The molecule has 0 aromatic heterocycles. The maximum atomic E-state index is 12.4. The van der Waals surface area contributed by atoms with Crippen molar-refractivity contribution in [2.45, 2.75) is 45.6 Å². The first kappa shape index (κ1) is 18.6. The molecule has 2 heterocycles. The summed E-state index contributed by atoms with van der Waals surface area (Å²) in [5.74, 6) is 2.49. The SMILES string of the molecule is C#CCN1C(=O)S/C(=C\c2ccc3c(c2)[C@H](C)CC(C)(C)N3CC)C1=O. The molecule has 136 valence electrons. The number of terminal acetylenes is 1. The lowest BCUT2D eigenvalue weighted by Gasteiger charge is -2.47. The molecule has 0 aliphatic carbocycles. The molecule has 4 nitrogen and oxygen atoms in total. The van der Waals surface area contributed by atoms with Crippen LogP contribution < -0.4 is 4.90 Å². The Morgan fingerprint density at radius 3 is 2.77 bits per heavy atom. The molecule has 1 fully saturated rings. The molecule has 1 aromatic carbocycles. The van der Waals surface area contributed by atoms with Crippen LogP contribution in [0.4, 0.5) is 10.5 Å². The van der Waals surface area contributed by atoms with E-state index in [-0.39, 0.29) is 23.2 Å². The number of benzene rings is 1. The first-order valence-corrected chi connectivity index (χ1v) is 9.70. The Labute approximate surface area is 159 Å². The van der Waals surface area contributed by atoms with Crippen LogP contribution in [0.2, 0.25) is 0 Å². The van der Waals surface area contributed by atoms with E-state index < -0.39 is 0 Å². The maximum absolute atomic E-state index is 12.4. The Morgan fingerprint density at radius 2 is 2.12 bits per heavy atom. The van der Waals surface area contributed by atoms with Crippen LogP contribution in [0.15, 0.2) is 23.1 Å². The molecule has 26 heavy (non-hydrogen) atoms. The highest BCUT2D eigenvalue weighted by molar-refractivity contribution is 8.18. The fourth-order valence-electron chi connectivity index (χ4n) is 4.08. The quantitative estimate of drug-likeness (QED) is 0.583. The van der Waals surface area contributed by atoms with Gasteiger partial charge in [-0.3, -0.25) is 14.5 Å². The lowest BCUT2D eigenvalue weighted by Crippen LogP contribution is -2.48. The molecular formula is C21H24N2O2S. The van der Waals surface area contributed by atoms with Gasteiger partial charge in [0.25, 0.3) is 11.1 Å². The molecule has 0 saturated carbocycles. The highest BCUT2D eigenvalue weighted by Crippen LogP contribution is 2.44.